The van der Waals surface area contributed by atoms with E-state index in [-0.39, 0.29) is 16.7 Å². The van der Waals surface area contributed by atoms with Crippen LogP contribution >= 0.6 is 0 Å². The van der Waals surface area contributed by atoms with Gasteiger partial charge in [0.1, 0.15) is 0 Å². The van der Waals surface area contributed by atoms with E-state index in [1.54, 1.807) is 0 Å². The van der Waals surface area contributed by atoms with Crippen LogP contribution in [0.4, 0.5) is 0 Å². The molecule has 0 radical (unpaired) electrons. The van der Waals surface area contributed by atoms with Crippen molar-refractivity contribution in [2.45, 2.75) is 65.4 Å². The molecule has 2 aliphatic rings. The minimum absolute atomic E-state index is 0.0276. The zero-order valence-corrected chi connectivity index (χ0v) is 18.3. The highest BCUT2D eigenvalue weighted by Gasteiger charge is 2.62. The number of rotatable bonds is 4. The Morgan fingerprint density at radius 3 is 2.76 bits per heavy atom. The lowest BCUT2D eigenvalue weighted by Crippen LogP contribution is -2.58. The van der Waals surface area contributed by atoms with Gasteiger partial charge in [-0.05, 0) is 68.4 Å². The van der Waals surface area contributed by atoms with Crippen LogP contribution in [0.5, 0.6) is 0 Å². The van der Waals surface area contributed by atoms with Gasteiger partial charge in [0, 0.05) is 22.5 Å². The summed E-state index contributed by atoms with van der Waals surface area (Å²) in [7, 11) is 0. The number of hydrogen-bond acceptors (Lipinski definition) is 1. The molecule has 0 unspecified atom stereocenters. The van der Waals surface area contributed by atoms with Crippen LogP contribution in [0.3, 0.4) is 0 Å². The summed E-state index contributed by atoms with van der Waals surface area (Å²) >= 11 is 0. The van der Waals surface area contributed by atoms with E-state index < -0.39 is 6.10 Å². The average molecular weight is 390 g/mol. The van der Waals surface area contributed by atoms with Crippen LogP contribution in [0.2, 0.25) is 0 Å². The van der Waals surface area contributed by atoms with Gasteiger partial charge in [-0.25, -0.2) is 0 Å². The fraction of sp³-hybridized carbons (Fsp3) is 0.481. The van der Waals surface area contributed by atoms with Crippen molar-refractivity contribution in [1.29, 1.82) is 0 Å². The second kappa shape index (κ2) is 7.32. The Labute approximate surface area is 175 Å². The molecule has 1 aromatic carbocycles. The third-order valence-electron chi connectivity index (χ3n) is 8.04. The number of allylic oxidation sites excluding steroid dienone is 4. The Hall–Kier alpha value is -2.06. The molecule has 2 aliphatic carbocycles. The normalized spacial score (nSPS) is 34.2. The summed E-state index contributed by atoms with van der Waals surface area (Å²) in [5.41, 5.74) is 4.74. The van der Waals surface area contributed by atoms with Gasteiger partial charge in [-0.3, -0.25) is 0 Å². The molecule has 0 bridgehead atoms. The Bertz CT molecular complexity index is 942. The number of nitrogens with one attached hydrogen (secondary N) is 1. The number of benzene rings is 1. The van der Waals surface area contributed by atoms with Gasteiger partial charge in [-0.1, -0.05) is 68.0 Å². The van der Waals surface area contributed by atoms with E-state index in [4.69, 9.17) is 0 Å². The summed E-state index contributed by atoms with van der Waals surface area (Å²) in [6.45, 7) is 13.6. The molecule has 154 valence electrons. The summed E-state index contributed by atoms with van der Waals surface area (Å²) < 4.78 is 0. The number of aliphatic hydroxyl groups is 1. The van der Waals surface area contributed by atoms with Gasteiger partial charge in [-0.2, -0.15) is 0 Å². The molecule has 0 spiro atoms. The first-order chi connectivity index (χ1) is 13.8. The average Bonchev–Trinajstić information content (AvgIpc) is 3.10. The molecule has 2 heteroatoms. The fourth-order valence-corrected chi connectivity index (χ4v) is 6.23. The second-order valence-corrected chi connectivity index (χ2v) is 9.80. The third-order valence-corrected chi connectivity index (χ3v) is 8.04. The molecule has 0 amide bonds. The largest absolute Gasteiger partial charge is 0.388 e. The molecular weight excluding hydrogens is 354 g/mol. The van der Waals surface area contributed by atoms with Gasteiger partial charge in [0.25, 0.3) is 0 Å². The SMILES string of the molecule is C=C1CC[C@]2(C)[C@@H](C)C=C[C@@H](O)[C@]2(CCC=C(C)C)[C@H]1c1cc2ccccc2[nH]1. The van der Waals surface area contributed by atoms with Gasteiger partial charge >= 0.3 is 0 Å². The summed E-state index contributed by atoms with van der Waals surface area (Å²) in [5, 5.41) is 12.8. The molecular formula is C27H35NO. The van der Waals surface area contributed by atoms with E-state index in [2.05, 4.69) is 87.8 Å². The maximum Gasteiger partial charge on any atom is 0.0792 e. The lowest BCUT2D eigenvalue weighted by molar-refractivity contribution is -0.114. The molecule has 1 aromatic heterocycles. The van der Waals surface area contributed by atoms with Crippen LogP contribution in [0.25, 0.3) is 10.9 Å². The number of hydrogen-bond donors (Lipinski definition) is 2. The molecule has 0 aliphatic heterocycles. The molecule has 2 N–H and O–H groups in total. The molecule has 1 saturated carbocycles. The van der Waals surface area contributed by atoms with Gasteiger partial charge in [0.2, 0.25) is 0 Å². The number of H-pyrrole nitrogens is 1. The zero-order chi connectivity index (χ0) is 20.8. The van der Waals surface area contributed by atoms with Gasteiger partial charge < -0.3 is 10.1 Å². The van der Waals surface area contributed by atoms with Gasteiger partial charge in [0.15, 0.2) is 0 Å². The third kappa shape index (κ3) is 3.04. The van der Waals surface area contributed by atoms with Crippen LogP contribution in [-0.2, 0) is 0 Å². The Morgan fingerprint density at radius 1 is 1.28 bits per heavy atom. The highest BCUT2D eigenvalue weighted by molar-refractivity contribution is 5.80. The summed E-state index contributed by atoms with van der Waals surface area (Å²) in [6, 6.07) is 10.8. The highest BCUT2D eigenvalue weighted by Crippen LogP contribution is 2.67. The van der Waals surface area contributed by atoms with Crippen LogP contribution < -0.4 is 0 Å². The highest BCUT2D eigenvalue weighted by atomic mass is 16.3. The number of para-hydroxylation sites is 1. The van der Waals surface area contributed by atoms with Crippen molar-refractivity contribution in [1.82, 2.24) is 4.98 Å². The number of aromatic amines is 1. The lowest BCUT2D eigenvalue weighted by atomic mass is 9.42. The lowest BCUT2D eigenvalue weighted by Gasteiger charge is -2.62. The van der Waals surface area contributed by atoms with E-state index >= 15 is 0 Å². The van der Waals surface area contributed by atoms with Gasteiger partial charge in [0.05, 0.1) is 6.10 Å². The van der Waals surface area contributed by atoms with Crippen molar-refractivity contribution in [3.8, 4) is 0 Å². The Kier molecular flexibility index (Phi) is 5.11. The Balaban J connectivity index is 1.91. The first-order valence-corrected chi connectivity index (χ1v) is 11.0. The maximum atomic E-state index is 11.6. The number of aromatic nitrogens is 1. The first-order valence-electron chi connectivity index (χ1n) is 11.0. The van der Waals surface area contributed by atoms with E-state index in [1.807, 2.05) is 0 Å². The van der Waals surface area contributed by atoms with E-state index in [0.717, 1.165) is 31.2 Å². The second-order valence-electron chi connectivity index (χ2n) is 9.80. The van der Waals surface area contributed by atoms with E-state index in [9.17, 15) is 5.11 Å². The molecule has 1 heterocycles. The monoisotopic (exact) mass is 389 g/mol. The van der Waals surface area contributed by atoms with Crippen molar-refractivity contribution >= 4 is 10.9 Å². The molecule has 5 atom stereocenters. The van der Waals surface area contributed by atoms with Crippen LogP contribution in [-0.4, -0.2) is 16.2 Å². The molecule has 4 rings (SSSR count). The predicted octanol–water partition coefficient (Wildman–Crippen LogP) is 6.91. The summed E-state index contributed by atoms with van der Waals surface area (Å²) in [6.07, 6.45) is 10.2. The number of fused-ring (bicyclic) bond motifs is 2. The van der Waals surface area contributed by atoms with Crippen molar-refractivity contribution in [3.05, 3.63) is 72.0 Å². The molecule has 0 saturated heterocycles. The van der Waals surface area contributed by atoms with Crippen molar-refractivity contribution in [2.24, 2.45) is 16.7 Å². The van der Waals surface area contributed by atoms with Crippen molar-refractivity contribution in [2.75, 3.05) is 0 Å². The smallest absolute Gasteiger partial charge is 0.0792 e. The Morgan fingerprint density at radius 2 is 2.03 bits per heavy atom. The van der Waals surface area contributed by atoms with Crippen LogP contribution in [0.1, 0.15) is 65.0 Å². The van der Waals surface area contributed by atoms with E-state index in [0.29, 0.717) is 5.92 Å². The molecule has 2 nitrogen and oxygen atoms in total. The first kappa shape index (κ1) is 20.2. The minimum Gasteiger partial charge on any atom is -0.388 e. The standard InChI is InChI=1S/C27H35NO/c1-18(2)9-8-15-27-24(29)13-12-20(4)26(27,5)16-14-19(3)25(27)23-17-21-10-6-7-11-22(21)28-23/h6-7,9-13,17,20,24-25,28-29H,3,8,14-16H2,1-2,4-5H3/t20-,24+,25+,26+,27+/m0/s1. The maximum absolute atomic E-state index is 11.6. The summed E-state index contributed by atoms with van der Waals surface area (Å²) in [4.78, 5) is 3.69. The minimum atomic E-state index is -0.470. The van der Waals surface area contributed by atoms with Crippen molar-refractivity contribution in [3.63, 3.8) is 0 Å². The molecule has 29 heavy (non-hydrogen) atoms. The topological polar surface area (TPSA) is 36.0 Å². The van der Waals surface area contributed by atoms with Crippen molar-refractivity contribution < 1.29 is 5.11 Å². The van der Waals surface area contributed by atoms with Crippen LogP contribution in [0, 0.1) is 16.7 Å². The molecule has 2 aromatic rings. The van der Waals surface area contributed by atoms with Gasteiger partial charge in [-0.15, -0.1) is 0 Å². The zero-order valence-electron chi connectivity index (χ0n) is 18.3. The summed E-state index contributed by atoms with van der Waals surface area (Å²) in [5.74, 6) is 0.555. The molecule has 1 fully saturated rings. The predicted molar refractivity (Wildman–Crippen MR) is 123 cm³/mol. The number of aliphatic hydroxyl groups excluding tert-OH is 1. The fourth-order valence-electron chi connectivity index (χ4n) is 6.23. The van der Waals surface area contributed by atoms with Crippen LogP contribution in [0.15, 0.2) is 66.3 Å². The van der Waals surface area contributed by atoms with E-state index in [1.165, 1.54) is 22.2 Å². The quantitative estimate of drug-likeness (QED) is 0.548.